The third kappa shape index (κ3) is 1.71. The summed E-state index contributed by atoms with van der Waals surface area (Å²) in [4.78, 5) is 0. The number of hydrogen-bond donors (Lipinski definition) is 1. The van der Waals surface area contributed by atoms with Gasteiger partial charge in [-0.25, -0.2) is 0 Å². The molecule has 1 aliphatic rings. The molecule has 0 atom stereocenters. The molecule has 3 aromatic rings. The summed E-state index contributed by atoms with van der Waals surface area (Å²) < 4.78 is 21.9. The molecular formula is C16H12O5. The average Bonchev–Trinajstić information content (AvgIpc) is 3.13. The number of furan rings is 1. The van der Waals surface area contributed by atoms with Crippen molar-refractivity contribution in [2.75, 3.05) is 13.9 Å². The number of rotatable bonds is 2. The van der Waals surface area contributed by atoms with Gasteiger partial charge in [0.25, 0.3) is 0 Å². The molecule has 0 bridgehead atoms. The molecule has 21 heavy (non-hydrogen) atoms. The number of aromatic hydroxyl groups is 1. The van der Waals surface area contributed by atoms with E-state index in [1.54, 1.807) is 13.2 Å². The number of methoxy groups -OCH3 is 1. The van der Waals surface area contributed by atoms with Crippen molar-refractivity contribution in [1.29, 1.82) is 0 Å². The molecule has 0 spiro atoms. The summed E-state index contributed by atoms with van der Waals surface area (Å²) in [7, 11) is 1.54. The second-order valence-corrected chi connectivity index (χ2v) is 4.69. The predicted octanol–water partition coefficient (Wildman–Crippen LogP) is 3.54. The summed E-state index contributed by atoms with van der Waals surface area (Å²) in [5.41, 5.74) is 1.39. The van der Waals surface area contributed by atoms with Crippen LogP contribution in [0.3, 0.4) is 0 Å². The molecule has 0 aliphatic carbocycles. The number of hydrogen-bond acceptors (Lipinski definition) is 5. The molecular weight excluding hydrogens is 272 g/mol. The van der Waals surface area contributed by atoms with Crippen molar-refractivity contribution in [2.24, 2.45) is 0 Å². The minimum atomic E-state index is -0.00115. The number of ether oxygens (including phenoxy) is 3. The van der Waals surface area contributed by atoms with Crippen molar-refractivity contribution in [3.63, 3.8) is 0 Å². The molecule has 5 heteroatoms. The average molecular weight is 284 g/mol. The maximum Gasteiger partial charge on any atom is 0.231 e. The molecule has 0 unspecified atom stereocenters. The van der Waals surface area contributed by atoms with Crippen molar-refractivity contribution in [1.82, 2.24) is 0 Å². The number of phenolic OH excluding ortho intramolecular Hbond substituents is 1. The molecule has 5 nitrogen and oxygen atoms in total. The summed E-state index contributed by atoms with van der Waals surface area (Å²) in [6.07, 6.45) is 0. The van der Waals surface area contributed by atoms with Crippen LogP contribution in [0.2, 0.25) is 0 Å². The Kier molecular flexibility index (Phi) is 2.47. The van der Waals surface area contributed by atoms with Gasteiger partial charge in [-0.05, 0) is 18.2 Å². The summed E-state index contributed by atoms with van der Waals surface area (Å²) in [5.74, 6) is 1.78. The van der Waals surface area contributed by atoms with Crippen LogP contribution in [0, 0.1) is 0 Å². The first-order valence-electron chi connectivity index (χ1n) is 6.46. The molecule has 1 aliphatic heterocycles. The van der Waals surface area contributed by atoms with Crippen molar-refractivity contribution in [3.05, 3.63) is 36.4 Å². The van der Waals surface area contributed by atoms with E-state index in [-0.39, 0.29) is 12.5 Å². The normalized spacial score (nSPS) is 12.8. The van der Waals surface area contributed by atoms with Crippen LogP contribution >= 0.6 is 0 Å². The van der Waals surface area contributed by atoms with Gasteiger partial charge in [-0.2, -0.15) is 0 Å². The van der Waals surface area contributed by atoms with Crippen molar-refractivity contribution >= 4 is 11.0 Å². The highest BCUT2D eigenvalue weighted by molar-refractivity contribution is 5.86. The molecule has 1 N–H and O–H groups in total. The third-order valence-corrected chi connectivity index (χ3v) is 3.47. The van der Waals surface area contributed by atoms with E-state index in [4.69, 9.17) is 18.6 Å². The fourth-order valence-electron chi connectivity index (χ4n) is 2.53. The van der Waals surface area contributed by atoms with Crippen LogP contribution in [0.15, 0.2) is 40.8 Å². The SMILES string of the molecule is COc1c(-c2cc3ccccc3o2)cc(O)c2c1OCO2. The van der Waals surface area contributed by atoms with Gasteiger partial charge in [-0.3, -0.25) is 0 Å². The second-order valence-electron chi connectivity index (χ2n) is 4.69. The molecule has 0 saturated heterocycles. The quantitative estimate of drug-likeness (QED) is 0.779. The van der Waals surface area contributed by atoms with Gasteiger partial charge in [0.2, 0.25) is 18.3 Å². The lowest BCUT2D eigenvalue weighted by Gasteiger charge is -2.10. The molecule has 0 fully saturated rings. The molecule has 1 aromatic heterocycles. The largest absolute Gasteiger partial charge is 0.504 e. The Morgan fingerprint density at radius 1 is 1.10 bits per heavy atom. The number of benzene rings is 2. The van der Waals surface area contributed by atoms with Gasteiger partial charge in [0.1, 0.15) is 11.3 Å². The van der Waals surface area contributed by atoms with E-state index in [9.17, 15) is 5.11 Å². The highest BCUT2D eigenvalue weighted by atomic mass is 16.7. The first kappa shape index (κ1) is 12.0. The van der Waals surface area contributed by atoms with Crippen LogP contribution in [-0.2, 0) is 0 Å². The minimum absolute atomic E-state index is 0.00115. The number of fused-ring (bicyclic) bond motifs is 2. The molecule has 0 amide bonds. The van der Waals surface area contributed by atoms with E-state index in [1.165, 1.54) is 0 Å². The van der Waals surface area contributed by atoms with Gasteiger partial charge in [0.05, 0.1) is 12.7 Å². The third-order valence-electron chi connectivity index (χ3n) is 3.47. The Morgan fingerprint density at radius 3 is 2.71 bits per heavy atom. The lowest BCUT2D eigenvalue weighted by Crippen LogP contribution is -1.94. The van der Waals surface area contributed by atoms with Crippen LogP contribution in [0.5, 0.6) is 23.0 Å². The van der Waals surface area contributed by atoms with Gasteiger partial charge in [-0.15, -0.1) is 0 Å². The Balaban J connectivity index is 1.97. The Labute approximate surface area is 120 Å². The van der Waals surface area contributed by atoms with Crippen LogP contribution in [0.4, 0.5) is 0 Å². The lowest BCUT2D eigenvalue weighted by atomic mass is 10.1. The van der Waals surface area contributed by atoms with Crippen LogP contribution < -0.4 is 14.2 Å². The van der Waals surface area contributed by atoms with Crippen molar-refractivity contribution < 1.29 is 23.7 Å². The topological polar surface area (TPSA) is 61.1 Å². The highest BCUT2D eigenvalue weighted by Crippen LogP contribution is 2.52. The summed E-state index contributed by atoms with van der Waals surface area (Å²) >= 11 is 0. The molecule has 4 rings (SSSR count). The highest BCUT2D eigenvalue weighted by Gasteiger charge is 2.28. The lowest BCUT2D eigenvalue weighted by molar-refractivity contribution is 0.169. The van der Waals surface area contributed by atoms with Crippen LogP contribution in [0.1, 0.15) is 0 Å². The van der Waals surface area contributed by atoms with E-state index in [0.29, 0.717) is 28.6 Å². The zero-order chi connectivity index (χ0) is 14.4. The monoisotopic (exact) mass is 284 g/mol. The summed E-state index contributed by atoms with van der Waals surface area (Å²) in [6.45, 7) is 0.0584. The molecule has 0 radical (unpaired) electrons. The van der Waals surface area contributed by atoms with Gasteiger partial charge in [-0.1, -0.05) is 18.2 Å². The first-order valence-corrected chi connectivity index (χ1v) is 6.46. The van der Waals surface area contributed by atoms with Gasteiger partial charge in [0, 0.05) is 5.39 Å². The van der Waals surface area contributed by atoms with Crippen LogP contribution in [0.25, 0.3) is 22.3 Å². The fourth-order valence-corrected chi connectivity index (χ4v) is 2.53. The maximum atomic E-state index is 10.1. The van der Waals surface area contributed by atoms with Gasteiger partial charge < -0.3 is 23.7 Å². The summed E-state index contributed by atoms with van der Waals surface area (Å²) in [5, 5.41) is 11.0. The summed E-state index contributed by atoms with van der Waals surface area (Å²) in [6, 6.07) is 11.2. The Morgan fingerprint density at radius 2 is 1.90 bits per heavy atom. The van der Waals surface area contributed by atoms with Crippen LogP contribution in [-0.4, -0.2) is 19.0 Å². The van der Waals surface area contributed by atoms with E-state index in [1.807, 2.05) is 30.3 Å². The minimum Gasteiger partial charge on any atom is -0.504 e. The smallest absolute Gasteiger partial charge is 0.231 e. The van der Waals surface area contributed by atoms with E-state index < -0.39 is 0 Å². The van der Waals surface area contributed by atoms with Gasteiger partial charge in [0.15, 0.2) is 11.5 Å². The first-order chi connectivity index (χ1) is 10.3. The maximum absolute atomic E-state index is 10.1. The number of phenols is 1. The molecule has 106 valence electrons. The number of para-hydroxylation sites is 1. The fraction of sp³-hybridized carbons (Fsp3) is 0.125. The second kappa shape index (κ2) is 4.34. The van der Waals surface area contributed by atoms with E-state index in [0.717, 1.165) is 11.0 Å². The molecule has 2 aromatic carbocycles. The van der Waals surface area contributed by atoms with E-state index >= 15 is 0 Å². The van der Waals surface area contributed by atoms with E-state index in [2.05, 4.69) is 0 Å². The van der Waals surface area contributed by atoms with Crippen molar-refractivity contribution in [2.45, 2.75) is 0 Å². The zero-order valence-electron chi connectivity index (χ0n) is 11.3. The predicted molar refractivity (Wildman–Crippen MR) is 76.0 cm³/mol. The zero-order valence-corrected chi connectivity index (χ0v) is 11.3. The Bertz CT molecular complexity index is 801. The standard InChI is InChI=1S/C16H12O5/c1-18-14-10(7-11(17)15-16(14)20-8-19-15)13-6-9-4-2-3-5-12(9)21-13/h2-7,17H,8H2,1H3. The molecule has 0 saturated carbocycles. The van der Waals surface area contributed by atoms with Crippen molar-refractivity contribution in [3.8, 4) is 34.3 Å². The molecule has 2 heterocycles. The van der Waals surface area contributed by atoms with Gasteiger partial charge >= 0.3 is 0 Å². The Hall–Kier alpha value is -2.82.